The molecule has 0 bridgehead atoms. The molecule has 0 radical (unpaired) electrons. The van der Waals surface area contributed by atoms with Gasteiger partial charge in [0.2, 0.25) is 0 Å². The van der Waals surface area contributed by atoms with Gasteiger partial charge in [-0.05, 0) is 154 Å². The lowest BCUT2D eigenvalue weighted by Gasteiger charge is -2.43. The Hall–Kier alpha value is -3.18. The minimum Gasteiger partial charge on any atom is -0.392 e. The first kappa shape index (κ1) is 45.2. The van der Waals surface area contributed by atoms with Gasteiger partial charge in [-0.25, -0.2) is 0 Å². The van der Waals surface area contributed by atoms with Gasteiger partial charge in [0.15, 0.2) is 0 Å². The minimum atomic E-state index is -0.0927. The van der Waals surface area contributed by atoms with Crippen LogP contribution in [0.2, 0.25) is 0 Å². The molecular weight excluding hydrogens is 659 g/mol. The van der Waals surface area contributed by atoms with E-state index in [1.54, 1.807) is 5.56 Å². The molecule has 0 spiro atoms. The van der Waals surface area contributed by atoms with E-state index in [2.05, 4.69) is 141 Å². The van der Waals surface area contributed by atoms with Crippen LogP contribution in [0.5, 0.6) is 0 Å². The van der Waals surface area contributed by atoms with E-state index in [4.69, 9.17) is 0 Å². The van der Waals surface area contributed by atoms with E-state index in [0.29, 0.717) is 5.92 Å². The second-order valence-corrected chi connectivity index (χ2v) is 16.9. The van der Waals surface area contributed by atoms with Crippen LogP contribution in [-0.2, 0) is 11.8 Å². The summed E-state index contributed by atoms with van der Waals surface area (Å²) in [5.41, 5.74) is 17.8. The highest BCUT2D eigenvalue weighted by Gasteiger charge is 2.41. The zero-order valence-corrected chi connectivity index (χ0v) is 36.5. The van der Waals surface area contributed by atoms with Crippen LogP contribution < -0.4 is 16.0 Å². The normalized spacial score (nSPS) is 15.9. The van der Waals surface area contributed by atoms with Gasteiger partial charge in [-0.15, -0.1) is 0 Å². The number of aryl methyl sites for hydroxylation is 1. The lowest BCUT2D eigenvalue weighted by Crippen LogP contribution is -2.40. The molecule has 2 aliphatic rings. The molecule has 4 rings (SSSR count). The van der Waals surface area contributed by atoms with Crippen molar-refractivity contribution in [3.8, 4) is 0 Å². The molecule has 2 aliphatic carbocycles. The van der Waals surface area contributed by atoms with Gasteiger partial charge in [-0.1, -0.05) is 122 Å². The summed E-state index contributed by atoms with van der Waals surface area (Å²) in [5, 5.41) is 20.2. The van der Waals surface area contributed by atoms with Gasteiger partial charge < -0.3 is 21.1 Å². The number of nitrogens with one attached hydrogen (secondary N) is 3. The summed E-state index contributed by atoms with van der Waals surface area (Å²) in [6.07, 6.45) is 13.5. The van der Waals surface area contributed by atoms with Gasteiger partial charge >= 0.3 is 0 Å². The highest BCUT2D eigenvalue weighted by atomic mass is 16.3. The predicted molar refractivity (Wildman–Crippen MR) is 237 cm³/mol. The number of aliphatic hydroxyl groups is 1. The van der Waals surface area contributed by atoms with Crippen molar-refractivity contribution in [2.75, 3.05) is 26.2 Å². The number of aliphatic hydroxyl groups excluding tert-OH is 1. The van der Waals surface area contributed by atoms with Crippen LogP contribution in [0.3, 0.4) is 0 Å². The summed E-state index contributed by atoms with van der Waals surface area (Å²) < 4.78 is 0. The third kappa shape index (κ3) is 11.0. The highest BCUT2D eigenvalue weighted by Crippen LogP contribution is 2.54. The van der Waals surface area contributed by atoms with E-state index in [-0.39, 0.29) is 23.6 Å². The van der Waals surface area contributed by atoms with Crippen LogP contribution in [0.15, 0.2) is 83.6 Å². The maximum atomic E-state index is 9.23. The van der Waals surface area contributed by atoms with E-state index in [0.717, 1.165) is 69.4 Å². The second kappa shape index (κ2) is 20.7. The molecule has 0 saturated carbocycles. The van der Waals surface area contributed by atoms with Crippen LogP contribution in [0.4, 0.5) is 0 Å². The maximum absolute atomic E-state index is 9.23. The van der Waals surface area contributed by atoms with E-state index in [9.17, 15) is 5.11 Å². The Morgan fingerprint density at radius 3 is 2.35 bits per heavy atom. The molecule has 0 amide bonds. The molecule has 2 unspecified atom stereocenters. The molecule has 2 aromatic carbocycles. The molecule has 0 saturated heterocycles. The van der Waals surface area contributed by atoms with Gasteiger partial charge in [-0.2, -0.15) is 0 Å². The van der Waals surface area contributed by atoms with Gasteiger partial charge in [-0.3, -0.25) is 0 Å². The summed E-state index contributed by atoms with van der Waals surface area (Å²) in [7, 11) is 0. The number of allylic oxidation sites excluding steroid dienone is 6. The molecule has 4 heteroatoms. The fourth-order valence-electron chi connectivity index (χ4n) is 8.79. The van der Waals surface area contributed by atoms with Gasteiger partial charge in [0.25, 0.3) is 0 Å². The van der Waals surface area contributed by atoms with Crippen LogP contribution in [-0.4, -0.2) is 36.9 Å². The van der Waals surface area contributed by atoms with Gasteiger partial charge in [0.05, 0.1) is 6.61 Å². The summed E-state index contributed by atoms with van der Waals surface area (Å²) in [6, 6.07) is 11.9. The average molecular weight is 736 g/mol. The average Bonchev–Trinajstić information content (AvgIpc) is 3.14. The Morgan fingerprint density at radius 1 is 0.981 bits per heavy atom. The number of hydrogen-bond donors (Lipinski definition) is 4. The summed E-state index contributed by atoms with van der Waals surface area (Å²) in [6.45, 7) is 38.4. The smallest absolute Gasteiger partial charge is 0.0639 e. The number of fused-ring (bicyclic) bond motifs is 2. The fourth-order valence-corrected chi connectivity index (χ4v) is 8.79. The summed E-state index contributed by atoms with van der Waals surface area (Å²) in [5.74, 6) is 0.471. The molecule has 0 fully saturated rings. The zero-order valence-electron chi connectivity index (χ0n) is 36.5. The SMILES string of the molecule is C=C(CO)CCNC(=C)CCCNC(C)c1ccccc1C1=C2C=C(C(C)CC(C)(C)NCC)CC=C2C(C)(C)c2c1cc(C)c(C)c2CCCC.CC. The van der Waals surface area contributed by atoms with Crippen molar-refractivity contribution in [1.29, 1.82) is 0 Å². The third-order valence-corrected chi connectivity index (χ3v) is 11.7. The molecule has 0 heterocycles. The largest absolute Gasteiger partial charge is 0.392 e. The Morgan fingerprint density at radius 2 is 1.69 bits per heavy atom. The Kier molecular flexibility index (Phi) is 17.3. The number of unbranched alkanes of at least 4 members (excludes halogenated alkanes) is 1. The minimum absolute atomic E-state index is 0.0434. The fraction of sp³-hybridized carbons (Fsp3) is 0.560. The molecule has 4 N–H and O–H groups in total. The van der Waals surface area contributed by atoms with Crippen molar-refractivity contribution in [3.05, 3.63) is 123 Å². The van der Waals surface area contributed by atoms with Crippen molar-refractivity contribution < 1.29 is 5.11 Å². The van der Waals surface area contributed by atoms with Crippen molar-refractivity contribution in [3.63, 3.8) is 0 Å². The summed E-state index contributed by atoms with van der Waals surface area (Å²) >= 11 is 0. The first-order chi connectivity index (χ1) is 25.7. The molecule has 298 valence electrons. The van der Waals surface area contributed by atoms with E-state index < -0.39 is 0 Å². The standard InChI is InChI=1S/C48H71N3O.C2H6/c1-13-15-20-39-36(7)33(4)28-43-45(41-22-17-16-21-40(41)37(8)50-26-18-19-35(6)49-27-25-32(3)31-52)42-29-38(34(5)30-47(9,10)51-14-2)23-24-44(42)48(11,12)46(39)43;1-2/h16-17,21-22,24,28-29,34,37,49-52H,3,6,13-15,18-20,23,25-27,30-31H2,1-2,4-5,7-12H3;1-2H3. The highest BCUT2D eigenvalue weighted by molar-refractivity contribution is 5.94. The van der Waals surface area contributed by atoms with E-state index in [1.165, 1.54) is 68.5 Å². The van der Waals surface area contributed by atoms with Crippen LogP contribution in [0, 0.1) is 19.8 Å². The molecule has 4 nitrogen and oxygen atoms in total. The number of rotatable bonds is 20. The van der Waals surface area contributed by atoms with Crippen molar-refractivity contribution >= 4 is 5.57 Å². The Labute approximate surface area is 331 Å². The monoisotopic (exact) mass is 736 g/mol. The first-order valence-corrected chi connectivity index (χ1v) is 21.2. The lowest BCUT2D eigenvalue weighted by molar-refractivity contribution is 0.327. The predicted octanol–water partition coefficient (Wildman–Crippen LogP) is 11.9. The Bertz CT molecular complexity index is 1680. The quantitative estimate of drug-likeness (QED) is 0.0808. The molecule has 0 aliphatic heterocycles. The lowest BCUT2D eigenvalue weighted by atomic mass is 9.61. The zero-order chi connectivity index (χ0) is 40.2. The van der Waals surface area contributed by atoms with E-state index in [1.807, 2.05) is 13.8 Å². The van der Waals surface area contributed by atoms with Crippen LogP contribution in [0.25, 0.3) is 5.57 Å². The molecule has 2 atom stereocenters. The topological polar surface area (TPSA) is 56.3 Å². The first-order valence-electron chi connectivity index (χ1n) is 21.2. The molecule has 0 aromatic heterocycles. The Balaban J connectivity index is 0.00000385. The van der Waals surface area contributed by atoms with Crippen LogP contribution in [0.1, 0.15) is 159 Å². The van der Waals surface area contributed by atoms with Crippen LogP contribution >= 0.6 is 0 Å². The van der Waals surface area contributed by atoms with Crippen molar-refractivity contribution in [1.82, 2.24) is 16.0 Å². The number of hydrogen-bond acceptors (Lipinski definition) is 4. The number of benzene rings is 2. The van der Waals surface area contributed by atoms with Gasteiger partial charge in [0, 0.05) is 29.2 Å². The van der Waals surface area contributed by atoms with Gasteiger partial charge in [0.1, 0.15) is 0 Å². The third-order valence-electron chi connectivity index (χ3n) is 11.7. The summed E-state index contributed by atoms with van der Waals surface area (Å²) in [4.78, 5) is 0. The molecular formula is C50H77N3O. The second-order valence-electron chi connectivity index (χ2n) is 16.9. The van der Waals surface area contributed by atoms with Crippen molar-refractivity contribution in [2.24, 2.45) is 5.92 Å². The maximum Gasteiger partial charge on any atom is 0.0639 e. The van der Waals surface area contributed by atoms with E-state index >= 15 is 0 Å². The molecule has 54 heavy (non-hydrogen) atoms. The van der Waals surface area contributed by atoms with Crippen molar-refractivity contribution in [2.45, 2.75) is 151 Å². The molecule has 2 aromatic rings.